The van der Waals surface area contributed by atoms with Crippen LogP contribution in [0.3, 0.4) is 0 Å². The Bertz CT molecular complexity index is 429. The molecule has 1 aliphatic rings. The number of nitrogens with zero attached hydrogens (tertiary/aromatic N) is 3. The molecular formula is C14H26IN5. The number of aryl methyl sites for hydroxylation is 2. The van der Waals surface area contributed by atoms with Crippen LogP contribution in [0.5, 0.6) is 0 Å². The van der Waals surface area contributed by atoms with Crippen LogP contribution >= 0.6 is 24.0 Å². The fraction of sp³-hybridized carbons (Fsp3) is 0.714. The molecule has 2 unspecified atom stereocenters. The topological polar surface area (TPSA) is 54.2 Å². The van der Waals surface area contributed by atoms with Crippen LogP contribution in [0.15, 0.2) is 17.4 Å². The first kappa shape index (κ1) is 17.3. The van der Waals surface area contributed by atoms with E-state index in [1.807, 2.05) is 17.9 Å². The van der Waals surface area contributed by atoms with Gasteiger partial charge < -0.3 is 10.6 Å². The molecule has 1 aromatic heterocycles. The number of aliphatic imine (C=N–C) groups is 1. The van der Waals surface area contributed by atoms with Crippen LogP contribution in [-0.4, -0.2) is 34.9 Å². The van der Waals surface area contributed by atoms with Gasteiger partial charge in [-0.3, -0.25) is 9.67 Å². The molecule has 0 aromatic carbocycles. The van der Waals surface area contributed by atoms with E-state index in [9.17, 15) is 0 Å². The van der Waals surface area contributed by atoms with Crippen molar-refractivity contribution in [1.29, 1.82) is 0 Å². The van der Waals surface area contributed by atoms with Crippen molar-refractivity contribution >= 4 is 29.9 Å². The van der Waals surface area contributed by atoms with Crippen LogP contribution in [-0.2, 0) is 13.5 Å². The van der Waals surface area contributed by atoms with Crippen molar-refractivity contribution in [2.45, 2.75) is 39.2 Å². The highest BCUT2D eigenvalue weighted by Gasteiger charge is 2.33. The van der Waals surface area contributed by atoms with Crippen LogP contribution in [0.4, 0.5) is 0 Å². The monoisotopic (exact) mass is 391 g/mol. The SMILES string of the molecule is CCNC(=NCCCc1cnn(C)c1)NC1CC1C.I. The van der Waals surface area contributed by atoms with Gasteiger partial charge in [0.1, 0.15) is 0 Å². The summed E-state index contributed by atoms with van der Waals surface area (Å²) < 4.78 is 1.85. The second-order valence-corrected chi connectivity index (χ2v) is 5.35. The number of aromatic nitrogens is 2. The van der Waals surface area contributed by atoms with Crippen molar-refractivity contribution in [3.63, 3.8) is 0 Å². The van der Waals surface area contributed by atoms with Crippen LogP contribution in [0.1, 0.15) is 32.3 Å². The molecule has 1 saturated carbocycles. The van der Waals surface area contributed by atoms with Crippen LogP contribution in [0, 0.1) is 5.92 Å². The van der Waals surface area contributed by atoms with E-state index < -0.39 is 0 Å². The highest BCUT2D eigenvalue weighted by molar-refractivity contribution is 14.0. The lowest BCUT2D eigenvalue weighted by molar-refractivity contribution is 0.752. The van der Waals surface area contributed by atoms with E-state index in [2.05, 4.69) is 40.8 Å². The van der Waals surface area contributed by atoms with E-state index in [1.54, 1.807) is 0 Å². The zero-order valence-electron chi connectivity index (χ0n) is 12.6. The smallest absolute Gasteiger partial charge is 0.191 e. The summed E-state index contributed by atoms with van der Waals surface area (Å²) in [5.74, 6) is 1.75. The minimum absolute atomic E-state index is 0. The summed E-state index contributed by atoms with van der Waals surface area (Å²) in [5, 5.41) is 10.9. The number of guanidine groups is 1. The highest BCUT2D eigenvalue weighted by Crippen LogP contribution is 2.28. The molecule has 0 bridgehead atoms. The third kappa shape index (κ3) is 5.68. The third-order valence-electron chi connectivity index (χ3n) is 3.43. The lowest BCUT2D eigenvalue weighted by Crippen LogP contribution is -2.39. The van der Waals surface area contributed by atoms with Gasteiger partial charge in [0.25, 0.3) is 0 Å². The summed E-state index contributed by atoms with van der Waals surface area (Å²) >= 11 is 0. The number of hydrogen-bond acceptors (Lipinski definition) is 2. The minimum Gasteiger partial charge on any atom is -0.357 e. The second kappa shape index (κ2) is 8.49. The first-order valence-electron chi connectivity index (χ1n) is 7.21. The molecule has 6 heteroatoms. The summed E-state index contributed by atoms with van der Waals surface area (Å²) in [4.78, 5) is 4.62. The van der Waals surface area contributed by atoms with Gasteiger partial charge >= 0.3 is 0 Å². The Labute approximate surface area is 138 Å². The minimum atomic E-state index is 0. The Hall–Kier alpha value is -0.790. The van der Waals surface area contributed by atoms with E-state index in [-0.39, 0.29) is 24.0 Å². The summed E-state index contributed by atoms with van der Waals surface area (Å²) in [6.07, 6.45) is 7.36. The molecule has 2 rings (SSSR count). The maximum atomic E-state index is 4.62. The molecule has 0 saturated heterocycles. The zero-order chi connectivity index (χ0) is 13.7. The molecule has 2 atom stereocenters. The van der Waals surface area contributed by atoms with Crippen LogP contribution in [0.2, 0.25) is 0 Å². The molecule has 2 N–H and O–H groups in total. The maximum absolute atomic E-state index is 4.62. The molecule has 0 radical (unpaired) electrons. The number of halogens is 1. The average Bonchev–Trinajstić information content (AvgIpc) is 2.89. The summed E-state index contributed by atoms with van der Waals surface area (Å²) in [6, 6.07) is 0.621. The van der Waals surface area contributed by atoms with Crippen molar-refractivity contribution in [2.75, 3.05) is 13.1 Å². The average molecular weight is 391 g/mol. The highest BCUT2D eigenvalue weighted by atomic mass is 127. The van der Waals surface area contributed by atoms with E-state index in [0.29, 0.717) is 6.04 Å². The summed E-state index contributed by atoms with van der Waals surface area (Å²) in [5.41, 5.74) is 1.28. The molecule has 5 nitrogen and oxygen atoms in total. The van der Waals surface area contributed by atoms with Crippen molar-refractivity contribution < 1.29 is 0 Å². The van der Waals surface area contributed by atoms with Gasteiger partial charge in [0, 0.05) is 32.4 Å². The predicted octanol–water partition coefficient (Wildman–Crippen LogP) is 1.93. The van der Waals surface area contributed by atoms with E-state index in [4.69, 9.17) is 0 Å². The molecule has 114 valence electrons. The fourth-order valence-corrected chi connectivity index (χ4v) is 2.09. The van der Waals surface area contributed by atoms with E-state index in [0.717, 1.165) is 37.8 Å². The fourth-order valence-electron chi connectivity index (χ4n) is 2.09. The molecule has 1 heterocycles. The van der Waals surface area contributed by atoms with Crippen molar-refractivity contribution in [1.82, 2.24) is 20.4 Å². The van der Waals surface area contributed by atoms with E-state index in [1.165, 1.54) is 12.0 Å². The Kier molecular flexibility index (Phi) is 7.32. The molecule has 1 aromatic rings. The Balaban J connectivity index is 0.00000200. The van der Waals surface area contributed by atoms with Gasteiger partial charge in [0.2, 0.25) is 0 Å². The van der Waals surface area contributed by atoms with Gasteiger partial charge in [-0.15, -0.1) is 24.0 Å². The first-order valence-corrected chi connectivity index (χ1v) is 7.21. The largest absolute Gasteiger partial charge is 0.357 e. The normalized spacial score (nSPS) is 21.2. The summed E-state index contributed by atoms with van der Waals surface area (Å²) in [6.45, 7) is 6.13. The predicted molar refractivity (Wildman–Crippen MR) is 93.6 cm³/mol. The lowest BCUT2D eigenvalue weighted by Gasteiger charge is -2.10. The zero-order valence-corrected chi connectivity index (χ0v) is 14.9. The van der Waals surface area contributed by atoms with Crippen molar-refractivity contribution in [3.8, 4) is 0 Å². The van der Waals surface area contributed by atoms with E-state index >= 15 is 0 Å². The van der Waals surface area contributed by atoms with Crippen LogP contribution < -0.4 is 10.6 Å². The van der Waals surface area contributed by atoms with Gasteiger partial charge in [0.05, 0.1) is 6.20 Å². The Morgan fingerprint density at radius 3 is 2.85 bits per heavy atom. The van der Waals surface area contributed by atoms with Gasteiger partial charge in [0.15, 0.2) is 5.96 Å². The number of rotatable bonds is 6. The standard InChI is InChI=1S/C14H25N5.HI/c1-4-15-14(18-13-8-11(13)2)16-7-5-6-12-9-17-19(3)10-12;/h9-11,13H,4-8H2,1-3H3,(H2,15,16,18);1H. The molecule has 20 heavy (non-hydrogen) atoms. The third-order valence-corrected chi connectivity index (χ3v) is 3.43. The van der Waals surface area contributed by atoms with Crippen LogP contribution in [0.25, 0.3) is 0 Å². The van der Waals surface area contributed by atoms with Gasteiger partial charge in [-0.25, -0.2) is 0 Å². The van der Waals surface area contributed by atoms with Crippen molar-refractivity contribution in [3.05, 3.63) is 18.0 Å². The Morgan fingerprint density at radius 2 is 2.30 bits per heavy atom. The van der Waals surface area contributed by atoms with Gasteiger partial charge in [-0.05, 0) is 37.7 Å². The lowest BCUT2D eigenvalue weighted by atomic mass is 10.2. The molecule has 0 spiro atoms. The molecule has 0 aliphatic heterocycles. The van der Waals surface area contributed by atoms with Crippen molar-refractivity contribution in [2.24, 2.45) is 18.0 Å². The molecule has 1 fully saturated rings. The first-order chi connectivity index (χ1) is 9.19. The molecule has 0 amide bonds. The number of nitrogens with one attached hydrogen (secondary N) is 2. The maximum Gasteiger partial charge on any atom is 0.191 e. The van der Waals surface area contributed by atoms with Gasteiger partial charge in [-0.2, -0.15) is 5.10 Å². The molecular weight excluding hydrogens is 365 g/mol. The number of hydrogen-bond donors (Lipinski definition) is 2. The quantitative estimate of drug-likeness (QED) is 0.337. The summed E-state index contributed by atoms with van der Waals surface area (Å²) in [7, 11) is 1.95. The second-order valence-electron chi connectivity index (χ2n) is 5.35. The molecule has 1 aliphatic carbocycles. The van der Waals surface area contributed by atoms with Gasteiger partial charge in [-0.1, -0.05) is 6.92 Å². The Morgan fingerprint density at radius 1 is 1.55 bits per heavy atom.